The van der Waals surface area contributed by atoms with Crippen molar-refractivity contribution in [2.75, 3.05) is 46.4 Å². The maximum absolute atomic E-state index is 12.9. The molecule has 0 aromatic heterocycles. The fraction of sp³-hybridized carbons (Fsp3) is 0.917. The summed E-state index contributed by atoms with van der Waals surface area (Å²) in [4.78, 5) is 14.7. The van der Waals surface area contributed by atoms with Crippen LogP contribution in [0.2, 0.25) is 0 Å². The molecule has 140 valence electrons. The van der Waals surface area contributed by atoms with Crippen molar-refractivity contribution in [2.24, 2.45) is 5.73 Å². The molecule has 0 spiro atoms. The summed E-state index contributed by atoms with van der Waals surface area (Å²) in [5.41, 5.74) is 5.42. The molecule has 1 atom stereocenters. The molecule has 1 aliphatic rings. The van der Waals surface area contributed by atoms with Gasteiger partial charge in [-0.2, -0.15) is 8.78 Å². The number of carbonyl (C=O) groups excluding carboxylic acids is 1. The lowest BCUT2D eigenvalue weighted by Crippen LogP contribution is -2.53. The van der Waals surface area contributed by atoms with Gasteiger partial charge in [-0.25, -0.2) is 8.78 Å². The molecule has 11 heteroatoms. The van der Waals surface area contributed by atoms with E-state index in [-0.39, 0.29) is 76.0 Å². The third-order valence-corrected chi connectivity index (χ3v) is 3.48. The zero-order chi connectivity index (χ0) is 16.0. The molecule has 0 aromatic carbocycles. The van der Waals surface area contributed by atoms with Crippen LogP contribution in [0.3, 0.4) is 0 Å². The van der Waals surface area contributed by atoms with E-state index < -0.39 is 18.9 Å². The summed E-state index contributed by atoms with van der Waals surface area (Å²) >= 11 is 0. The van der Waals surface area contributed by atoms with Gasteiger partial charge in [0.1, 0.15) is 0 Å². The molecule has 1 fully saturated rings. The van der Waals surface area contributed by atoms with E-state index >= 15 is 0 Å². The van der Waals surface area contributed by atoms with Crippen LogP contribution >= 0.6 is 24.8 Å². The summed E-state index contributed by atoms with van der Waals surface area (Å²) < 4.78 is 55.2. The maximum Gasteiger partial charge on any atom is 0.319 e. The van der Waals surface area contributed by atoms with Crippen LogP contribution in [0, 0.1) is 0 Å². The van der Waals surface area contributed by atoms with Gasteiger partial charge in [-0.15, -0.1) is 24.8 Å². The first-order chi connectivity index (χ1) is 9.80. The molecule has 0 aromatic rings. The number of amides is 1. The highest BCUT2D eigenvalue weighted by molar-refractivity contribution is 5.85. The quantitative estimate of drug-likeness (QED) is 0.667. The van der Waals surface area contributed by atoms with Crippen molar-refractivity contribution in [3.63, 3.8) is 0 Å². The molecule has 1 saturated heterocycles. The second kappa shape index (κ2) is 11.2. The predicted molar refractivity (Wildman–Crippen MR) is 82.9 cm³/mol. The van der Waals surface area contributed by atoms with Crippen LogP contribution in [-0.4, -0.2) is 80.5 Å². The van der Waals surface area contributed by atoms with E-state index in [1.807, 2.05) is 0 Å². The van der Waals surface area contributed by atoms with Crippen molar-refractivity contribution in [2.45, 2.75) is 24.9 Å². The average Bonchev–Trinajstić information content (AvgIpc) is 2.44. The van der Waals surface area contributed by atoms with Crippen LogP contribution in [0.4, 0.5) is 17.6 Å². The Kier molecular flexibility index (Phi) is 12.2. The van der Waals surface area contributed by atoms with Gasteiger partial charge < -0.3 is 15.4 Å². The highest BCUT2D eigenvalue weighted by Gasteiger charge is 2.42. The molecule has 1 rings (SSSR count). The summed E-state index contributed by atoms with van der Waals surface area (Å²) in [6, 6.07) is 0. The number of nitrogens with zero attached hydrogens (tertiary/aromatic N) is 2. The van der Waals surface area contributed by atoms with Gasteiger partial charge in [-0.3, -0.25) is 9.69 Å². The van der Waals surface area contributed by atoms with Gasteiger partial charge in [0.25, 0.3) is 0 Å². The normalized spacial score (nSPS) is 17.4. The van der Waals surface area contributed by atoms with Gasteiger partial charge in [0, 0.05) is 39.8 Å². The zero-order valence-electron chi connectivity index (χ0n) is 12.7. The minimum Gasteiger partial charge on any atom is -0.380 e. The first-order valence-corrected chi connectivity index (χ1v) is 6.69. The Bertz CT molecular complexity index is 342. The summed E-state index contributed by atoms with van der Waals surface area (Å²) in [7, 11) is 1.45. The molecule has 1 heterocycles. The molecule has 0 bridgehead atoms. The second-order valence-electron chi connectivity index (χ2n) is 5.02. The van der Waals surface area contributed by atoms with Crippen LogP contribution in [0.1, 0.15) is 6.42 Å². The lowest BCUT2D eigenvalue weighted by Gasteiger charge is -2.36. The van der Waals surface area contributed by atoms with Crippen molar-refractivity contribution in [3.8, 4) is 0 Å². The fourth-order valence-corrected chi connectivity index (χ4v) is 2.11. The summed E-state index contributed by atoms with van der Waals surface area (Å²) in [5.74, 6) is -4.19. The number of alkyl halides is 4. The lowest BCUT2D eigenvalue weighted by atomic mass is 10.2. The van der Waals surface area contributed by atoms with E-state index in [1.165, 1.54) is 16.9 Å². The van der Waals surface area contributed by atoms with Gasteiger partial charge in [-0.1, -0.05) is 0 Å². The Labute approximate surface area is 145 Å². The first kappa shape index (κ1) is 24.9. The van der Waals surface area contributed by atoms with E-state index in [0.29, 0.717) is 0 Å². The fourth-order valence-electron chi connectivity index (χ4n) is 2.11. The highest BCUT2D eigenvalue weighted by atomic mass is 35.5. The molecule has 23 heavy (non-hydrogen) atoms. The van der Waals surface area contributed by atoms with Crippen LogP contribution in [0.25, 0.3) is 0 Å². The Morgan fingerprint density at radius 2 is 1.74 bits per heavy atom. The zero-order valence-corrected chi connectivity index (χ0v) is 14.4. The number of methoxy groups -OCH3 is 1. The van der Waals surface area contributed by atoms with Crippen molar-refractivity contribution in [1.29, 1.82) is 0 Å². The molecule has 1 amide bonds. The summed E-state index contributed by atoms with van der Waals surface area (Å²) in [6.45, 7) is -0.0139. The number of nitrogens with two attached hydrogens (primary N) is 1. The standard InChI is InChI=1S/C12H21F4N3O2.2ClH/c1-21-9(7-17)6-10(20)19-4-2-18(3-5-19)8-12(15,16)11(13)14;;/h9,11H,2-8,17H2,1H3;2*1H. The van der Waals surface area contributed by atoms with Gasteiger partial charge in [0.15, 0.2) is 0 Å². The smallest absolute Gasteiger partial charge is 0.319 e. The molecule has 0 saturated carbocycles. The number of carbonyl (C=O) groups is 1. The Morgan fingerprint density at radius 3 is 2.13 bits per heavy atom. The number of halogens is 6. The molecule has 1 aliphatic heterocycles. The number of rotatable bonds is 7. The molecule has 0 radical (unpaired) electrons. The Morgan fingerprint density at radius 1 is 1.22 bits per heavy atom. The summed E-state index contributed by atoms with van der Waals surface area (Å²) in [6.07, 6.45) is -3.93. The van der Waals surface area contributed by atoms with E-state index in [4.69, 9.17) is 10.5 Å². The molecule has 2 N–H and O–H groups in total. The molecular formula is C12H23Cl2F4N3O2. The lowest BCUT2D eigenvalue weighted by molar-refractivity contribution is -0.149. The third kappa shape index (κ3) is 7.84. The molecule has 0 aliphatic carbocycles. The average molecular weight is 388 g/mol. The predicted octanol–water partition coefficient (Wildman–Crippen LogP) is 1.24. The minimum atomic E-state index is -4.02. The Balaban J connectivity index is 0. The maximum atomic E-state index is 12.9. The Hall–Kier alpha value is -0.350. The minimum absolute atomic E-state index is 0. The van der Waals surface area contributed by atoms with Crippen LogP contribution in [0.5, 0.6) is 0 Å². The van der Waals surface area contributed by atoms with Crippen molar-refractivity contribution in [1.82, 2.24) is 9.80 Å². The van der Waals surface area contributed by atoms with Gasteiger partial charge in [-0.05, 0) is 0 Å². The van der Waals surface area contributed by atoms with E-state index in [9.17, 15) is 22.4 Å². The van der Waals surface area contributed by atoms with Crippen molar-refractivity contribution in [3.05, 3.63) is 0 Å². The molecule has 5 nitrogen and oxygen atoms in total. The van der Waals surface area contributed by atoms with Crippen molar-refractivity contribution < 1.29 is 27.1 Å². The topological polar surface area (TPSA) is 58.8 Å². The van der Waals surface area contributed by atoms with Crippen LogP contribution in [0.15, 0.2) is 0 Å². The largest absolute Gasteiger partial charge is 0.380 e. The number of piperazine rings is 1. The van der Waals surface area contributed by atoms with Crippen molar-refractivity contribution >= 4 is 30.7 Å². The summed E-state index contributed by atoms with van der Waals surface area (Å²) in [5, 5.41) is 0. The van der Waals surface area contributed by atoms with Crippen LogP contribution in [-0.2, 0) is 9.53 Å². The molecule has 1 unspecified atom stereocenters. The van der Waals surface area contributed by atoms with Gasteiger partial charge >= 0.3 is 12.3 Å². The van der Waals surface area contributed by atoms with E-state index in [2.05, 4.69) is 0 Å². The highest BCUT2D eigenvalue weighted by Crippen LogP contribution is 2.24. The van der Waals surface area contributed by atoms with E-state index in [1.54, 1.807) is 0 Å². The van der Waals surface area contributed by atoms with E-state index in [0.717, 1.165) is 0 Å². The molecular weight excluding hydrogens is 365 g/mol. The number of hydrogen-bond donors (Lipinski definition) is 1. The third-order valence-electron chi connectivity index (χ3n) is 3.48. The van der Waals surface area contributed by atoms with Gasteiger partial charge in [0.2, 0.25) is 5.91 Å². The SMILES string of the molecule is COC(CN)CC(=O)N1CCN(CC(F)(F)C(F)F)CC1.Cl.Cl. The second-order valence-corrected chi connectivity index (χ2v) is 5.02. The number of ether oxygens (including phenoxy) is 1. The monoisotopic (exact) mass is 387 g/mol. The van der Waals surface area contributed by atoms with Gasteiger partial charge in [0.05, 0.1) is 19.1 Å². The first-order valence-electron chi connectivity index (χ1n) is 6.69. The van der Waals surface area contributed by atoms with Crippen LogP contribution < -0.4 is 5.73 Å². The number of hydrogen-bond acceptors (Lipinski definition) is 4.